The maximum absolute atomic E-state index is 13.6. The third-order valence-corrected chi connectivity index (χ3v) is 3.37. The summed E-state index contributed by atoms with van der Waals surface area (Å²) in [6.07, 6.45) is -0.277. The van der Waals surface area contributed by atoms with Crippen molar-refractivity contribution >= 4 is 11.9 Å². The molecule has 4 nitrogen and oxygen atoms in total. The second-order valence-corrected chi connectivity index (χ2v) is 4.54. The molecule has 1 N–H and O–H groups in total. The molecular formula is C13H11F3O4. The lowest BCUT2D eigenvalue weighted by Gasteiger charge is -2.12. The smallest absolute Gasteiger partial charge is 0.324 e. The van der Waals surface area contributed by atoms with Gasteiger partial charge in [-0.1, -0.05) is 0 Å². The number of carboxylic acid groups (broad SMARTS) is 1. The van der Waals surface area contributed by atoms with E-state index < -0.39 is 46.3 Å². The van der Waals surface area contributed by atoms with Crippen LogP contribution in [0.25, 0.3) is 0 Å². The Labute approximate surface area is 112 Å². The Morgan fingerprint density at radius 2 is 1.90 bits per heavy atom. The van der Waals surface area contributed by atoms with Crippen molar-refractivity contribution in [3.8, 4) is 0 Å². The lowest BCUT2D eigenvalue weighted by molar-refractivity contribution is -0.161. The fourth-order valence-electron chi connectivity index (χ4n) is 2.31. The predicted molar refractivity (Wildman–Crippen MR) is 60.4 cm³/mol. The summed E-state index contributed by atoms with van der Waals surface area (Å²) < 4.78 is 44.7. The van der Waals surface area contributed by atoms with Crippen molar-refractivity contribution in [3.63, 3.8) is 0 Å². The molecule has 108 valence electrons. The summed E-state index contributed by atoms with van der Waals surface area (Å²) in [5.41, 5.74) is -2.59. The first kappa shape index (κ1) is 14.4. The summed E-state index contributed by atoms with van der Waals surface area (Å²) in [5, 5.41) is 9.15. The van der Waals surface area contributed by atoms with Crippen LogP contribution in [0, 0.1) is 22.9 Å². The van der Waals surface area contributed by atoms with Gasteiger partial charge in [0.15, 0.2) is 5.41 Å². The highest BCUT2D eigenvalue weighted by atomic mass is 19.1. The molecule has 20 heavy (non-hydrogen) atoms. The highest BCUT2D eigenvalue weighted by molar-refractivity contribution is 6.04. The third kappa shape index (κ3) is 2.03. The van der Waals surface area contributed by atoms with Crippen LogP contribution in [0.1, 0.15) is 24.8 Å². The van der Waals surface area contributed by atoms with E-state index in [-0.39, 0.29) is 13.0 Å². The molecule has 2 rings (SSSR count). The van der Waals surface area contributed by atoms with Crippen LogP contribution in [0.2, 0.25) is 0 Å². The van der Waals surface area contributed by atoms with Crippen molar-refractivity contribution in [2.75, 3.05) is 6.61 Å². The topological polar surface area (TPSA) is 63.6 Å². The predicted octanol–water partition coefficient (Wildman–Crippen LogP) is 2.23. The first-order valence-corrected chi connectivity index (χ1v) is 5.89. The maximum atomic E-state index is 13.6. The van der Waals surface area contributed by atoms with E-state index in [1.165, 1.54) is 6.92 Å². The number of hydrogen-bond acceptors (Lipinski definition) is 3. The average Bonchev–Trinajstić information content (AvgIpc) is 3.04. The molecule has 0 saturated heterocycles. The molecular weight excluding hydrogens is 277 g/mol. The van der Waals surface area contributed by atoms with Gasteiger partial charge in [-0.2, -0.15) is 0 Å². The Balaban J connectivity index is 2.42. The SMILES string of the molecule is CCOC(=O)C1(C(=O)O)CC1c1c(F)cc(F)cc1F. The van der Waals surface area contributed by atoms with Crippen LogP contribution < -0.4 is 0 Å². The largest absolute Gasteiger partial charge is 0.480 e. The van der Waals surface area contributed by atoms with Crippen LogP contribution in [-0.2, 0) is 14.3 Å². The number of aliphatic carboxylic acids is 1. The second-order valence-electron chi connectivity index (χ2n) is 4.54. The molecule has 0 aliphatic heterocycles. The van der Waals surface area contributed by atoms with Crippen LogP contribution in [0.4, 0.5) is 13.2 Å². The maximum Gasteiger partial charge on any atom is 0.324 e. The number of rotatable bonds is 4. The van der Waals surface area contributed by atoms with Gasteiger partial charge in [0.1, 0.15) is 17.5 Å². The molecule has 0 aromatic heterocycles. The van der Waals surface area contributed by atoms with Gasteiger partial charge in [0.05, 0.1) is 6.61 Å². The summed E-state index contributed by atoms with van der Waals surface area (Å²) in [6.45, 7) is 1.44. The van der Waals surface area contributed by atoms with E-state index in [2.05, 4.69) is 4.74 Å². The highest BCUT2D eigenvalue weighted by Gasteiger charge is 2.69. The minimum atomic E-state index is -1.99. The standard InChI is InChI=1S/C13H11F3O4/c1-2-20-12(19)13(11(17)18)5-7(13)10-8(15)3-6(14)4-9(10)16/h3-4,7H,2,5H2,1H3,(H,17,18). The zero-order valence-corrected chi connectivity index (χ0v) is 10.5. The zero-order chi connectivity index (χ0) is 15.1. The number of carboxylic acids is 1. The zero-order valence-electron chi connectivity index (χ0n) is 10.5. The molecule has 1 aromatic carbocycles. The van der Waals surface area contributed by atoms with Gasteiger partial charge in [-0.15, -0.1) is 0 Å². The van der Waals surface area contributed by atoms with Crippen molar-refractivity contribution in [3.05, 3.63) is 35.1 Å². The van der Waals surface area contributed by atoms with Crippen molar-refractivity contribution in [1.82, 2.24) is 0 Å². The van der Waals surface area contributed by atoms with E-state index in [0.29, 0.717) is 12.1 Å². The van der Waals surface area contributed by atoms with Crippen LogP contribution in [0.15, 0.2) is 12.1 Å². The van der Waals surface area contributed by atoms with Crippen LogP contribution >= 0.6 is 0 Å². The lowest BCUT2D eigenvalue weighted by atomic mass is 9.98. The number of carbonyl (C=O) groups is 2. The first-order valence-electron chi connectivity index (χ1n) is 5.89. The lowest BCUT2D eigenvalue weighted by Crippen LogP contribution is -2.29. The van der Waals surface area contributed by atoms with E-state index >= 15 is 0 Å². The Morgan fingerprint density at radius 3 is 2.35 bits per heavy atom. The van der Waals surface area contributed by atoms with Crippen molar-refractivity contribution in [2.45, 2.75) is 19.3 Å². The van der Waals surface area contributed by atoms with E-state index in [4.69, 9.17) is 5.11 Å². The van der Waals surface area contributed by atoms with Crippen molar-refractivity contribution in [2.24, 2.45) is 5.41 Å². The number of ether oxygens (including phenoxy) is 1. The number of hydrogen-bond donors (Lipinski definition) is 1. The van der Waals surface area contributed by atoms with E-state index in [1.54, 1.807) is 0 Å². The minimum Gasteiger partial charge on any atom is -0.480 e. The monoisotopic (exact) mass is 288 g/mol. The summed E-state index contributed by atoms with van der Waals surface area (Å²) in [6, 6.07) is 0.906. The molecule has 0 bridgehead atoms. The molecule has 1 aliphatic rings. The van der Waals surface area contributed by atoms with Gasteiger partial charge in [0.2, 0.25) is 0 Å². The molecule has 1 saturated carbocycles. The Bertz CT molecular complexity index is 564. The summed E-state index contributed by atoms with van der Waals surface area (Å²) in [7, 11) is 0. The van der Waals surface area contributed by atoms with Gasteiger partial charge in [-0.25, -0.2) is 13.2 Å². The normalized spacial score (nSPS) is 24.3. The summed E-state index contributed by atoms with van der Waals surface area (Å²) in [5.74, 6) is -7.27. The average molecular weight is 288 g/mol. The quantitative estimate of drug-likeness (QED) is 0.681. The van der Waals surface area contributed by atoms with Gasteiger partial charge in [0, 0.05) is 23.6 Å². The molecule has 7 heteroatoms. The first-order chi connectivity index (χ1) is 9.34. The van der Waals surface area contributed by atoms with Gasteiger partial charge >= 0.3 is 11.9 Å². The Hall–Kier alpha value is -2.05. The van der Waals surface area contributed by atoms with Gasteiger partial charge in [-0.3, -0.25) is 9.59 Å². The minimum absolute atomic E-state index is 0.0467. The molecule has 1 fully saturated rings. The Kier molecular flexibility index (Phi) is 3.45. The number of benzene rings is 1. The summed E-state index contributed by atoms with van der Waals surface area (Å²) in [4.78, 5) is 23.0. The second kappa shape index (κ2) is 4.81. The molecule has 0 heterocycles. The molecule has 1 aromatic rings. The Morgan fingerprint density at radius 1 is 1.35 bits per heavy atom. The summed E-state index contributed by atoms with van der Waals surface area (Å²) >= 11 is 0. The van der Waals surface area contributed by atoms with E-state index in [9.17, 15) is 22.8 Å². The van der Waals surface area contributed by atoms with Gasteiger partial charge in [-0.05, 0) is 13.3 Å². The van der Waals surface area contributed by atoms with E-state index in [0.717, 1.165) is 0 Å². The number of carbonyl (C=O) groups excluding carboxylic acids is 1. The fourth-order valence-corrected chi connectivity index (χ4v) is 2.31. The van der Waals surface area contributed by atoms with Gasteiger partial charge in [0.25, 0.3) is 0 Å². The highest BCUT2D eigenvalue weighted by Crippen LogP contribution is 2.61. The third-order valence-electron chi connectivity index (χ3n) is 3.37. The van der Waals surface area contributed by atoms with Crippen LogP contribution in [0.5, 0.6) is 0 Å². The van der Waals surface area contributed by atoms with Crippen molar-refractivity contribution in [1.29, 1.82) is 0 Å². The number of halogens is 3. The van der Waals surface area contributed by atoms with Gasteiger partial charge < -0.3 is 9.84 Å². The molecule has 1 aliphatic carbocycles. The molecule has 2 atom stereocenters. The van der Waals surface area contributed by atoms with Crippen LogP contribution in [-0.4, -0.2) is 23.7 Å². The molecule has 0 spiro atoms. The molecule has 2 unspecified atom stereocenters. The van der Waals surface area contributed by atoms with Crippen LogP contribution in [0.3, 0.4) is 0 Å². The van der Waals surface area contributed by atoms with Crippen molar-refractivity contribution < 1.29 is 32.6 Å². The van der Waals surface area contributed by atoms with E-state index in [1.807, 2.05) is 0 Å². The number of esters is 1. The molecule has 0 radical (unpaired) electrons. The molecule has 0 amide bonds. The fraction of sp³-hybridized carbons (Fsp3) is 0.385.